The van der Waals surface area contributed by atoms with Crippen molar-refractivity contribution in [1.82, 2.24) is 4.90 Å². The Balaban J connectivity index is 1.97. The first-order valence-electron chi connectivity index (χ1n) is 7.68. The minimum absolute atomic E-state index is 0.132. The highest BCUT2D eigenvalue weighted by Gasteiger charge is 2.33. The van der Waals surface area contributed by atoms with Crippen molar-refractivity contribution in [3.8, 4) is 0 Å². The van der Waals surface area contributed by atoms with Crippen molar-refractivity contribution in [3.63, 3.8) is 0 Å². The first-order valence-corrected chi connectivity index (χ1v) is 9.69. The largest absolute Gasteiger partial charge is 0.464 e. The van der Waals surface area contributed by atoms with Gasteiger partial charge in [0.1, 0.15) is 10.9 Å². The Morgan fingerprint density at radius 3 is 2.92 bits per heavy atom. The van der Waals surface area contributed by atoms with E-state index in [2.05, 4.69) is 22.9 Å². The number of benzene rings is 1. The minimum Gasteiger partial charge on any atom is -0.464 e. The van der Waals surface area contributed by atoms with Crippen LogP contribution in [0.25, 0.3) is 6.08 Å². The number of hydrogen-bond acceptors (Lipinski definition) is 5. The molecule has 1 saturated heterocycles. The Kier molecular flexibility index (Phi) is 7.45. The number of unbranched alkanes of at least 4 members (excludes halogenated alkanes) is 2. The van der Waals surface area contributed by atoms with Gasteiger partial charge in [0, 0.05) is 4.47 Å². The van der Waals surface area contributed by atoms with Crippen LogP contribution in [0.5, 0.6) is 0 Å². The van der Waals surface area contributed by atoms with E-state index < -0.39 is 5.97 Å². The maximum atomic E-state index is 12.4. The molecule has 1 aliphatic heterocycles. The number of halogens is 1. The smallest absolute Gasteiger partial charge is 0.326 e. The SMILES string of the molecule is CCCCCOC(=O)CN1C(=O)C(=Cc2cccc(Br)c2)SC1=S. The lowest BCUT2D eigenvalue weighted by Gasteiger charge is -2.13. The molecule has 4 nitrogen and oxygen atoms in total. The molecule has 1 amide bonds. The lowest BCUT2D eigenvalue weighted by Crippen LogP contribution is -2.34. The fourth-order valence-corrected chi connectivity index (χ4v) is 3.77. The first kappa shape index (κ1) is 19.1. The van der Waals surface area contributed by atoms with Crippen LogP contribution in [-0.4, -0.2) is 34.2 Å². The van der Waals surface area contributed by atoms with Gasteiger partial charge in [-0.2, -0.15) is 0 Å². The third kappa shape index (κ3) is 5.43. The number of thiocarbonyl (C=S) groups is 1. The molecular formula is C17H18BrNO3S2. The number of carbonyl (C=O) groups is 2. The Bertz CT molecular complexity index is 676. The molecule has 128 valence electrons. The molecule has 24 heavy (non-hydrogen) atoms. The molecule has 0 aliphatic carbocycles. The Hall–Kier alpha value is -1.18. The Labute approximate surface area is 159 Å². The van der Waals surface area contributed by atoms with Crippen molar-refractivity contribution in [1.29, 1.82) is 0 Å². The third-order valence-corrected chi connectivity index (χ3v) is 5.19. The Morgan fingerprint density at radius 1 is 1.42 bits per heavy atom. The molecule has 0 unspecified atom stereocenters. The fourth-order valence-electron chi connectivity index (χ4n) is 2.10. The highest BCUT2D eigenvalue weighted by Crippen LogP contribution is 2.32. The third-order valence-electron chi connectivity index (χ3n) is 3.32. The molecule has 1 aliphatic rings. The predicted molar refractivity (Wildman–Crippen MR) is 105 cm³/mol. The van der Waals surface area contributed by atoms with Gasteiger partial charge in [-0.15, -0.1) is 0 Å². The molecule has 0 saturated carbocycles. The van der Waals surface area contributed by atoms with Gasteiger partial charge in [-0.3, -0.25) is 14.5 Å². The zero-order chi connectivity index (χ0) is 17.5. The van der Waals surface area contributed by atoms with Gasteiger partial charge in [-0.25, -0.2) is 0 Å². The zero-order valence-corrected chi connectivity index (χ0v) is 16.5. The minimum atomic E-state index is -0.425. The summed E-state index contributed by atoms with van der Waals surface area (Å²) in [6.07, 6.45) is 4.69. The van der Waals surface area contributed by atoms with E-state index in [1.807, 2.05) is 24.3 Å². The molecule has 0 atom stereocenters. The van der Waals surface area contributed by atoms with Gasteiger partial charge < -0.3 is 4.74 Å². The normalized spacial score (nSPS) is 16.1. The van der Waals surface area contributed by atoms with Crippen LogP contribution in [0, 0.1) is 0 Å². The molecule has 0 aromatic heterocycles. The topological polar surface area (TPSA) is 46.6 Å². The second-order valence-corrected chi connectivity index (χ2v) is 7.84. The standard InChI is InChI=1S/C17H18BrNO3S2/c1-2-3-4-8-22-15(20)11-19-16(21)14(24-17(19)23)10-12-6-5-7-13(18)9-12/h5-7,9-10H,2-4,8,11H2,1H3. The Morgan fingerprint density at radius 2 is 2.21 bits per heavy atom. The van der Waals surface area contributed by atoms with E-state index in [1.165, 1.54) is 16.7 Å². The van der Waals surface area contributed by atoms with Crippen molar-refractivity contribution < 1.29 is 14.3 Å². The number of nitrogens with zero attached hydrogens (tertiary/aromatic N) is 1. The van der Waals surface area contributed by atoms with Crippen molar-refractivity contribution in [2.45, 2.75) is 26.2 Å². The van der Waals surface area contributed by atoms with E-state index in [-0.39, 0.29) is 12.5 Å². The summed E-state index contributed by atoms with van der Waals surface area (Å²) in [5.41, 5.74) is 0.895. The van der Waals surface area contributed by atoms with Gasteiger partial charge in [0.25, 0.3) is 5.91 Å². The molecule has 1 fully saturated rings. The molecule has 1 heterocycles. The molecule has 0 bridgehead atoms. The van der Waals surface area contributed by atoms with Gasteiger partial charge in [0.05, 0.1) is 11.5 Å². The van der Waals surface area contributed by atoms with Crippen LogP contribution in [0.1, 0.15) is 31.7 Å². The lowest BCUT2D eigenvalue weighted by molar-refractivity contribution is -0.146. The summed E-state index contributed by atoms with van der Waals surface area (Å²) in [7, 11) is 0. The van der Waals surface area contributed by atoms with Crippen LogP contribution in [0.15, 0.2) is 33.6 Å². The van der Waals surface area contributed by atoms with E-state index in [1.54, 1.807) is 6.08 Å². The summed E-state index contributed by atoms with van der Waals surface area (Å²) in [6.45, 7) is 2.33. The summed E-state index contributed by atoms with van der Waals surface area (Å²) >= 11 is 9.82. The number of rotatable bonds is 7. The van der Waals surface area contributed by atoms with E-state index in [0.717, 1.165) is 29.3 Å². The highest BCUT2D eigenvalue weighted by molar-refractivity contribution is 9.10. The van der Waals surface area contributed by atoms with Gasteiger partial charge in [0.2, 0.25) is 0 Å². The van der Waals surface area contributed by atoms with E-state index in [4.69, 9.17) is 17.0 Å². The highest BCUT2D eigenvalue weighted by atomic mass is 79.9. The number of thioether (sulfide) groups is 1. The van der Waals surface area contributed by atoms with Gasteiger partial charge in [0.15, 0.2) is 0 Å². The summed E-state index contributed by atoms with van der Waals surface area (Å²) < 4.78 is 6.46. The van der Waals surface area contributed by atoms with Crippen molar-refractivity contribution >= 4 is 62.2 Å². The van der Waals surface area contributed by atoms with Crippen LogP contribution in [0.2, 0.25) is 0 Å². The number of ether oxygens (including phenoxy) is 1. The van der Waals surface area contributed by atoms with Crippen LogP contribution < -0.4 is 0 Å². The van der Waals surface area contributed by atoms with E-state index in [0.29, 0.717) is 15.8 Å². The number of amides is 1. The van der Waals surface area contributed by atoms with E-state index >= 15 is 0 Å². The summed E-state index contributed by atoms with van der Waals surface area (Å²) in [5, 5.41) is 0. The lowest BCUT2D eigenvalue weighted by atomic mass is 10.2. The molecule has 1 aromatic rings. The molecule has 0 spiro atoms. The summed E-state index contributed by atoms with van der Waals surface area (Å²) in [5.74, 6) is -0.679. The second-order valence-electron chi connectivity index (χ2n) is 5.25. The second kappa shape index (κ2) is 9.34. The molecule has 2 rings (SSSR count). The van der Waals surface area contributed by atoms with Crippen LogP contribution in [0.3, 0.4) is 0 Å². The summed E-state index contributed by atoms with van der Waals surface area (Å²) in [4.78, 5) is 26.1. The maximum Gasteiger partial charge on any atom is 0.326 e. The average molecular weight is 428 g/mol. The number of carbonyl (C=O) groups excluding carboxylic acids is 2. The molecule has 0 radical (unpaired) electrons. The average Bonchev–Trinajstić information content (AvgIpc) is 2.79. The van der Waals surface area contributed by atoms with Crippen LogP contribution in [-0.2, 0) is 14.3 Å². The summed E-state index contributed by atoms with van der Waals surface area (Å²) in [6, 6.07) is 7.62. The predicted octanol–water partition coefficient (Wildman–Crippen LogP) is 4.38. The fraction of sp³-hybridized carbons (Fsp3) is 0.353. The monoisotopic (exact) mass is 427 g/mol. The first-order chi connectivity index (χ1) is 11.5. The quantitative estimate of drug-likeness (QED) is 0.279. The molecule has 0 N–H and O–H groups in total. The maximum absolute atomic E-state index is 12.4. The van der Waals surface area contributed by atoms with Crippen LogP contribution >= 0.6 is 39.9 Å². The van der Waals surface area contributed by atoms with Crippen molar-refractivity contribution in [2.24, 2.45) is 0 Å². The number of hydrogen-bond donors (Lipinski definition) is 0. The molecular weight excluding hydrogens is 410 g/mol. The van der Waals surface area contributed by atoms with Gasteiger partial charge >= 0.3 is 5.97 Å². The van der Waals surface area contributed by atoms with Crippen molar-refractivity contribution in [3.05, 3.63) is 39.2 Å². The zero-order valence-electron chi connectivity index (χ0n) is 13.3. The van der Waals surface area contributed by atoms with Gasteiger partial charge in [-0.05, 0) is 30.2 Å². The molecule has 7 heteroatoms. The van der Waals surface area contributed by atoms with E-state index in [9.17, 15) is 9.59 Å². The molecule has 1 aromatic carbocycles. The number of esters is 1. The van der Waals surface area contributed by atoms with Crippen molar-refractivity contribution in [2.75, 3.05) is 13.2 Å². The van der Waals surface area contributed by atoms with Gasteiger partial charge in [-0.1, -0.05) is 71.8 Å². The van der Waals surface area contributed by atoms with Crippen LogP contribution in [0.4, 0.5) is 0 Å².